The topological polar surface area (TPSA) is 34.4 Å². The Morgan fingerprint density at radius 2 is 1.80 bits per heavy atom. The number of halogens is 2. The number of hydrogen-bond donors (Lipinski definition) is 1. The molecule has 0 radical (unpaired) electrons. The third-order valence-electron chi connectivity index (χ3n) is 3.91. The average molecular weight is 376 g/mol. The van der Waals surface area contributed by atoms with Crippen LogP contribution in [-0.4, -0.2) is 13.7 Å². The maximum atomic E-state index is 6.22. The first-order chi connectivity index (χ1) is 12.2. The van der Waals surface area contributed by atoms with E-state index in [1.807, 2.05) is 30.3 Å². The standard InChI is InChI=1S/C20H19Cl2NO2/c1-24-16-5-2-14(3-6-16)10-11-23-13-17-7-9-20(25-17)18-8-4-15(21)12-19(18)22/h2-9,12,23H,10-11,13H2,1H3. The van der Waals surface area contributed by atoms with Gasteiger partial charge in [0.1, 0.15) is 17.3 Å². The zero-order chi connectivity index (χ0) is 17.6. The molecule has 3 aromatic rings. The van der Waals surface area contributed by atoms with Gasteiger partial charge in [-0.1, -0.05) is 35.3 Å². The largest absolute Gasteiger partial charge is 0.497 e. The summed E-state index contributed by atoms with van der Waals surface area (Å²) in [5, 5.41) is 4.58. The van der Waals surface area contributed by atoms with Crippen molar-refractivity contribution < 1.29 is 9.15 Å². The van der Waals surface area contributed by atoms with Crippen LogP contribution in [0.3, 0.4) is 0 Å². The highest BCUT2D eigenvalue weighted by atomic mass is 35.5. The van der Waals surface area contributed by atoms with Gasteiger partial charge in [-0.3, -0.25) is 0 Å². The molecule has 0 unspecified atom stereocenters. The van der Waals surface area contributed by atoms with Crippen molar-refractivity contribution in [2.75, 3.05) is 13.7 Å². The average Bonchev–Trinajstić information content (AvgIpc) is 3.08. The van der Waals surface area contributed by atoms with Crippen LogP contribution in [0.25, 0.3) is 11.3 Å². The SMILES string of the molecule is COc1ccc(CCNCc2ccc(-c3ccc(Cl)cc3Cl)o2)cc1. The molecule has 1 aromatic heterocycles. The van der Waals surface area contributed by atoms with Crippen LogP contribution < -0.4 is 10.1 Å². The van der Waals surface area contributed by atoms with Crippen molar-refractivity contribution in [3.8, 4) is 17.1 Å². The third kappa shape index (κ3) is 4.79. The second-order valence-electron chi connectivity index (χ2n) is 5.66. The summed E-state index contributed by atoms with van der Waals surface area (Å²) >= 11 is 12.2. The molecule has 0 saturated carbocycles. The zero-order valence-electron chi connectivity index (χ0n) is 13.9. The molecule has 0 spiro atoms. The van der Waals surface area contributed by atoms with E-state index >= 15 is 0 Å². The van der Waals surface area contributed by atoms with Crippen molar-refractivity contribution in [1.29, 1.82) is 0 Å². The fourth-order valence-corrected chi connectivity index (χ4v) is 3.05. The van der Waals surface area contributed by atoms with Crippen molar-refractivity contribution in [1.82, 2.24) is 5.32 Å². The van der Waals surface area contributed by atoms with Gasteiger partial charge in [0.15, 0.2) is 0 Å². The van der Waals surface area contributed by atoms with E-state index in [-0.39, 0.29) is 0 Å². The van der Waals surface area contributed by atoms with Gasteiger partial charge in [-0.15, -0.1) is 0 Å². The summed E-state index contributed by atoms with van der Waals surface area (Å²) in [5.41, 5.74) is 2.11. The fraction of sp³-hybridized carbons (Fsp3) is 0.200. The molecule has 25 heavy (non-hydrogen) atoms. The highest BCUT2D eigenvalue weighted by Crippen LogP contribution is 2.31. The van der Waals surface area contributed by atoms with Crippen molar-refractivity contribution in [2.24, 2.45) is 0 Å². The molecule has 3 nitrogen and oxygen atoms in total. The van der Waals surface area contributed by atoms with Crippen LogP contribution in [0.2, 0.25) is 10.0 Å². The molecule has 0 aliphatic carbocycles. The van der Waals surface area contributed by atoms with Gasteiger partial charge < -0.3 is 14.5 Å². The molecule has 1 heterocycles. The lowest BCUT2D eigenvalue weighted by atomic mass is 10.1. The van der Waals surface area contributed by atoms with Gasteiger partial charge in [0, 0.05) is 10.6 Å². The lowest BCUT2D eigenvalue weighted by molar-refractivity contribution is 0.414. The smallest absolute Gasteiger partial charge is 0.135 e. The van der Waals surface area contributed by atoms with Crippen LogP contribution in [0.15, 0.2) is 59.0 Å². The quantitative estimate of drug-likeness (QED) is 0.546. The molecule has 0 saturated heterocycles. The first-order valence-corrected chi connectivity index (χ1v) is 8.79. The molecule has 130 valence electrons. The predicted octanol–water partition coefficient (Wildman–Crippen LogP) is 5.59. The predicted molar refractivity (Wildman–Crippen MR) is 103 cm³/mol. The van der Waals surface area contributed by atoms with E-state index in [9.17, 15) is 0 Å². The normalized spacial score (nSPS) is 10.8. The van der Waals surface area contributed by atoms with E-state index in [4.69, 9.17) is 32.4 Å². The minimum absolute atomic E-state index is 0.584. The number of benzene rings is 2. The molecular weight excluding hydrogens is 357 g/mol. The Morgan fingerprint density at radius 1 is 1.00 bits per heavy atom. The van der Waals surface area contributed by atoms with Gasteiger partial charge in [0.2, 0.25) is 0 Å². The van der Waals surface area contributed by atoms with Crippen LogP contribution in [0.5, 0.6) is 5.75 Å². The number of rotatable bonds is 7. The van der Waals surface area contributed by atoms with Crippen molar-refractivity contribution in [3.63, 3.8) is 0 Å². The Bertz CT molecular complexity index is 828. The maximum Gasteiger partial charge on any atom is 0.135 e. The number of furan rings is 1. The molecule has 0 fully saturated rings. The Kier molecular flexibility index (Phi) is 6.03. The first kappa shape index (κ1) is 17.9. The van der Waals surface area contributed by atoms with Gasteiger partial charge in [0.05, 0.1) is 18.7 Å². The van der Waals surface area contributed by atoms with E-state index in [2.05, 4.69) is 17.4 Å². The summed E-state index contributed by atoms with van der Waals surface area (Å²) in [4.78, 5) is 0. The minimum atomic E-state index is 0.584. The molecule has 1 N–H and O–H groups in total. The van der Waals surface area contributed by atoms with Crippen molar-refractivity contribution in [2.45, 2.75) is 13.0 Å². The molecule has 0 aliphatic heterocycles. The Labute approximate surface area is 157 Å². The highest BCUT2D eigenvalue weighted by Gasteiger charge is 2.09. The van der Waals surface area contributed by atoms with Gasteiger partial charge >= 0.3 is 0 Å². The van der Waals surface area contributed by atoms with Gasteiger partial charge in [0.25, 0.3) is 0 Å². The first-order valence-electron chi connectivity index (χ1n) is 8.03. The number of hydrogen-bond acceptors (Lipinski definition) is 3. The van der Waals surface area contributed by atoms with Gasteiger partial charge in [-0.2, -0.15) is 0 Å². The Morgan fingerprint density at radius 3 is 2.52 bits per heavy atom. The van der Waals surface area contributed by atoms with E-state index in [1.165, 1.54) is 5.56 Å². The van der Waals surface area contributed by atoms with E-state index < -0.39 is 0 Å². The second kappa shape index (κ2) is 8.43. The van der Waals surface area contributed by atoms with Crippen molar-refractivity contribution >= 4 is 23.2 Å². The highest BCUT2D eigenvalue weighted by molar-refractivity contribution is 6.36. The number of methoxy groups -OCH3 is 1. The fourth-order valence-electron chi connectivity index (χ4n) is 2.54. The molecule has 0 aliphatic rings. The van der Waals surface area contributed by atoms with Crippen LogP contribution in [0, 0.1) is 0 Å². The van der Waals surface area contributed by atoms with Crippen LogP contribution >= 0.6 is 23.2 Å². The maximum absolute atomic E-state index is 6.22. The number of nitrogens with one attached hydrogen (secondary N) is 1. The van der Waals surface area contributed by atoms with E-state index in [0.717, 1.165) is 35.8 Å². The molecule has 3 rings (SSSR count). The summed E-state index contributed by atoms with van der Waals surface area (Å²) in [6.07, 6.45) is 0.945. The summed E-state index contributed by atoms with van der Waals surface area (Å²) in [5.74, 6) is 2.49. The molecular formula is C20H19Cl2NO2. The van der Waals surface area contributed by atoms with Gasteiger partial charge in [-0.25, -0.2) is 0 Å². The van der Waals surface area contributed by atoms with Crippen LogP contribution in [0.4, 0.5) is 0 Å². The summed E-state index contributed by atoms with van der Waals surface area (Å²) in [6, 6.07) is 17.4. The zero-order valence-corrected chi connectivity index (χ0v) is 15.4. The van der Waals surface area contributed by atoms with E-state index in [1.54, 1.807) is 19.2 Å². The minimum Gasteiger partial charge on any atom is -0.497 e. The third-order valence-corrected chi connectivity index (χ3v) is 4.45. The molecule has 0 atom stereocenters. The van der Waals surface area contributed by atoms with Crippen LogP contribution in [0.1, 0.15) is 11.3 Å². The van der Waals surface area contributed by atoms with Crippen LogP contribution in [-0.2, 0) is 13.0 Å². The Balaban J connectivity index is 1.51. The van der Waals surface area contributed by atoms with E-state index in [0.29, 0.717) is 16.6 Å². The van der Waals surface area contributed by atoms with Crippen molar-refractivity contribution in [3.05, 3.63) is 76.0 Å². The molecule has 2 aromatic carbocycles. The molecule has 0 bridgehead atoms. The second-order valence-corrected chi connectivity index (χ2v) is 6.51. The molecule has 0 amide bonds. The summed E-state index contributed by atoms with van der Waals surface area (Å²) in [6.45, 7) is 1.53. The van der Waals surface area contributed by atoms with Gasteiger partial charge in [-0.05, 0) is 61.0 Å². The molecule has 5 heteroatoms. The lowest BCUT2D eigenvalue weighted by Gasteiger charge is -2.05. The lowest BCUT2D eigenvalue weighted by Crippen LogP contribution is -2.16. The Hall–Kier alpha value is -1.94. The summed E-state index contributed by atoms with van der Waals surface area (Å²) in [7, 11) is 1.67. The summed E-state index contributed by atoms with van der Waals surface area (Å²) < 4.78 is 11.0. The number of ether oxygens (including phenoxy) is 1. The monoisotopic (exact) mass is 375 g/mol.